The molecule has 3 heterocycles. The van der Waals surface area contributed by atoms with Crippen molar-refractivity contribution in [3.05, 3.63) is 36.2 Å². The third-order valence-corrected chi connectivity index (χ3v) is 5.59. The van der Waals surface area contributed by atoms with Gasteiger partial charge in [-0.1, -0.05) is 19.9 Å². The van der Waals surface area contributed by atoms with E-state index in [2.05, 4.69) is 34.3 Å². The molecule has 0 unspecified atom stereocenters. The van der Waals surface area contributed by atoms with Crippen LogP contribution in [0.1, 0.15) is 43.6 Å². The van der Waals surface area contributed by atoms with Crippen molar-refractivity contribution in [2.24, 2.45) is 17.8 Å². The first kappa shape index (κ1) is 18.7. The highest BCUT2D eigenvalue weighted by atomic mass is 16.2. The number of aromatic nitrogens is 3. The molecule has 2 N–H and O–H groups in total. The second kappa shape index (κ2) is 7.73. The van der Waals surface area contributed by atoms with Crippen LogP contribution in [0, 0.1) is 17.8 Å². The minimum Gasteiger partial charge on any atom is -0.346 e. The molecule has 1 aliphatic carbocycles. The minimum absolute atomic E-state index is 0.00212. The number of carbonyl (C=O) groups excluding carboxylic acids is 2. The number of nitrogens with one attached hydrogen (secondary N) is 2. The van der Waals surface area contributed by atoms with Crippen molar-refractivity contribution in [1.82, 2.24) is 25.4 Å². The Bertz CT molecular complexity index is 843. The van der Waals surface area contributed by atoms with Gasteiger partial charge in [-0.05, 0) is 42.9 Å². The van der Waals surface area contributed by atoms with Crippen LogP contribution in [0.3, 0.4) is 0 Å². The number of amides is 2. The first-order valence-electron chi connectivity index (χ1n) is 10.1. The zero-order valence-corrected chi connectivity index (χ0v) is 16.4. The highest BCUT2D eigenvalue weighted by molar-refractivity contribution is 5.93. The summed E-state index contributed by atoms with van der Waals surface area (Å²) >= 11 is 0. The maximum absolute atomic E-state index is 12.8. The predicted octanol–water partition coefficient (Wildman–Crippen LogP) is 2.48. The number of aromatic amines is 1. The van der Waals surface area contributed by atoms with Crippen molar-refractivity contribution < 1.29 is 9.59 Å². The fraction of sp³-hybridized carbons (Fsp3) is 0.524. The third kappa shape index (κ3) is 4.08. The second-order valence-electron chi connectivity index (χ2n) is 8.36. The van der Waals surface area contributed by atoms with Crippen LogP contribution >= 0.6 is 0 Å². The topological polar surface area (TPSA) is 91.0 Å². The SMILES string of the molecule is CC(C)CC(=O)N1C[C@H](NC(=O)c2cc(-c3ccccn3)n[nH]2)[C@@H](C2CC2)C1. The van der Waals surface area contributed by atoms with E-state index >= 15 is 0 Å². The molecule has 2 atom stereocenters. The molecule has 2 amide bonds. The number of rotatable bonds is 6. The van der Waals surface area contributed by atoms with E-state index in [0.29, 0.717) is 42.1 Å². The third-order valence-electron chi connectivity index (χ3n) is 5.59. The highest BCUT2D eigenvalue weighted by Gasteiger charge is 2.44. The van der Waals surface area contributed by atoms with Crippen LogP contribution < -0.4 is 5.32 Å². The summed E-state index contributed by atoms with van der Waals surface area (Å²) in [4.78, 5) is 31.5. The smallest absolute Gasteiger partial charge is 0.269 e. The van der Waals surface area contributed by atoms with Gasteiger partial charge < -0.3 is 10.2 Å². The second-order valence-corrected chi connectivity index (χ2v) is 8.36. The van der Waals surface area contributed by atoms with E-state index in [4.69, 9.17) is 0 Å². The number of carbonyl (C=O) groups is 2. The highest BCUT2D eigenvalue weighted by Crippen LogP contribution is 2.41. The van der Waals surface area contributed by atoms with Crippen LogP contribution in [0.2, 0.25) is 0 Å². The molecule has 1 saturated carbocycles. The quantitative estimate of drug-likeness (QED) is 0.804. The monoisotopic (exact) mass is 381 g/mol. The largest absolute Gasteiger partial charge is 0.346 e. The number of nitrogens with zero attached hydrogens (tertiary/aromatic N) is 3. The summed E-state index contributed by atoms with van der Waals surface area (Å²) in [5.74, 6) is 1.32. The number of hydrogen-bond acceptors (Lipinski definition) is 4. The van der Waals surface area contributed by atoms with Crippen molar-refractivity contribution >= 4 is 11.8 Å². The Balaban J connectivity index is 1.43. The van der Waals surface area contributed by atoms with Crippen molar-refractivity contribution in [2.75, 3.05) is 13.1 Å². The number of pyridine rings is 1. The van der Waals surface area contributed by atoms with Gasteiger partial charge in [0.2, 0.25) is 5.91 Å². The summed E-state index contributed by atoms with van der Waals surface area (Å²) in [6.45, 7) is 5.47. The zero-order valence-electron chi connectivity index (χ0n) is 16.4. The average molecular weight is 381 g/mol. The molecule has 1 saturated heterocycles. The Morgan fingerprint density at radius 3 is 2.75 bits per heavy atom. The standard InChI is InChI=1S/C21H27N5O2/c1-13(2)9-20(27)26-11-15(14-6-7-14)19(12-26)23-21(28)18-10-17(24-25-18)16-5-3-4-8-22-16/h3-5,8,10,13-15,19H,6-7,9,11-12H2,1-2H3,(H,23,28)(H,24,25)/t15-,19+/m1/s1. The first-order chi connectivity index (χ1) is 13.5. The number of likely N-dealkylation sites (tertiary alicyclic amines) is 1. The van der Waals surface area contributed by atoms with Crippen LogP contribution in [0.4, 0.5) is 0 Å². The van der Waals surface area contributed by atoms with Gasteiger partial charge in [-0.3, -0.25) is 19.7 Å². The molecule has 2 aromatic rings. The van der Waals surface area contributed by atoms with E-state index in [0.717, 1.165) is 12.2 Å². The maximum Gasteiger partial charge on any atom is 0.269 e. The molecule has 0 radical (unpaired) electrons. The van der Waals surface area contributed by atoms with E-state index in [1.165, 1.54) is 12.8 Å². The zero-order chi connectivity index (χ0) is 19.7. The van der Waals surface area contributed by atoms with Gasteiger partial charge in [-0.15, -0.1) is 0 Å². The molecule has 7 heteroatoms. The molecule has 0 bridgehead atoms. The summed E-state index contributed by atoms with van der Waals surface area (Å²) in [7, 11) is 0. The fourth-order valence-electron chi connectivity index (χ4n) is 4.00. The molecule has 0 spiro atoms. The summed E-state index contributed by atoms with van der Waals surface area (Å²) in [5.41, 5.74) is 1.78. The van der Waals surface area contributed by atoms with Gasteiger partial charge in [0, 0.05) is 31.6 Å². The van der Waals surface area contributed by atoms with Gasteiger partial charge in [0.05, 0.1) is 11.7 Å². The van der Waals surface area contributed by atoms with Crippen LogP contribution in [-0.4, -0.2) is 51.0 Å². The lowest BCUT2D eigenvalue weighted by Gasteiger charge is -2.18. The van der Waals surface area contributed by atoms with E-state index < -0.39 is 0 Å². The normalized spacial score (nSPS) is 21.9. The van der Waals surface area contributed by atoms with Crippen LogP contribution in [0.25, 0.3) is 11.4 Å². The van der Waals surface area contributed by atoms with E-state index in [-0.39, 0.29) is 17.9 Å². The minimum atomic E-state index is -0.177. The Hall–Kier alpha value is -2.70. The molecule has 148 valence electrons. The van der Waals surface area contributed by atoms with Crippen molar-refractivity contribution in [1.29, 1.82) is 0 Å². The number of hydrogen-bond donors (Lipinski definition) is 2. The summed E-state index contributed by atoms with van der Waals surface area (Å²) in [5, 5.41) is 10.2. The predicted molar refractivity (Wildman–Crippen MR) is 105 cm³/mol. The molecule has 2 aliphatic rings. The fourth-order valence-corrected chi connectivity index (χ4v) is 4.00. The van der Waals surface area contributed by atoms with Gasteiger partial charge in [0.15, 0.2) is 0 Å². The van der Waals surface area contributed by atoms with Gasteiger partial charge in [-0.25, -0.2) is 0 Å². The van der Waals surface area contributed by atoms with E-state index in [9.17, 15) is 9.59 Å². The molecule has 7 nitrogen and oxygen atoms in total. The Morgan fingerprint density at radius 2 is 2.07 bits per heavy atom. The molecular weight excluding hydrogens is 354 g/mol. The molecule has 2 aromatic heterocycles. The van der Waals surface area contributed by atoms with Gasteiger partial charge in [-0.2, -0.15) is 5.10 Å². The van der Waals surface area contributed by atoms with Gasteiger partial charge in [0.25, 0.3) is 5.91 Å². The van der Waals surface area contributed by atoms with Crippen LogP contribution in [0.5, 0.6) is 0 Å². The lowest BCUT2D eigenvalue weighted by Crippen LogP contribution is -2.41. The van der Waals surface area contributed by atoms with Gasteiger partial charge >= 0.3 is 0 Å². The van der Waals surface area contributed by atoms with Gasteiger partial charge in [0.1, 0.15) is 11.4 Å². The Labute approximate surface area is 164 Å². The van der Waals surface area contributed by atoms with E-state index in [1.54, 1.807) is 12.3 Å². The molecule has 28 heavy (non-hydrogen) atoms. The molecule has 1 aliphatic heterocycles. The van der Waals surface area contributed by atoms with Crippen LogP contribution in [0.15, 0.2) is 30.5 Å². The Kier molecular flexibility index (Phi) is 5.15. The first-order valence-corrected chi connectivity index (χ1v) is 10.1. The summed E-state index contributed by atoms with van der Waals surface area (Å²) in [6.07, 6.45) is 4.64. The van der Waals surface area contributed by atoms with Crippen LogP contribution in [-0.2, 0) is 4.79 Å². The van der Waals surface area contributed by atoms with Crippen molar-refractivity contribution in [2.45, 2.75) is 39.2 Å². The molecule has 2 fully saturated rings. The summed E-state index contributed by atoms with van der Waals surface area (Å²) in [6, 6.07) is 7.31. The number of H-pyrrole nitrogens is 1. The lowest BCUT2D eigenvalue weighted by molar-refractivity contribution is -0.131. The Morgan fingerprint density at radius 1 is 1.25 bits per heavy atom. The molecule has 0 aromatic carbocycles. The molecular formula is C21H27N5O2. The van der Waals surface area contributed by atoms with Crippen molar-refractivity contribution in [3.63, 3.8) is 0 Å². The molecule has 4 rings (SSSR count). The summed E-state index contributed by atoms with van der Waals surface area (Å²) < 4.78 is 0. The lowest BCUT2D eigenvalue weighted by atomic mass is 9.98. The van der Waals surface area contributed by atoms with Crippen molar-refractivity contribution in [3.8, 4) is 11.4 Å². The van der Waals surface area contributed by atoms with E-state index in [1.807, 2.05) is 23.1 Å². The average Bonchev–Trinajstić information content (AvgIpc) is 3.24. The maximum atomic E-state index is 12.8.